The van der Waals surface area contributed by atoms with Gasteiger partial charge >= 0.3 is 12.3 Å². The lowest BCUT2D eigenvalue weighted by Gasteiger charge is -2.16. The summed E-state index contributed by atoms with van der Waals surface area (Å²) in [5, 5.41) is 0.212. The fraction of sp³-hybridized carbons (Fsp3) is 0.400. The molecule has 1 aromatic rings. The molecule has 10 heteroatoms. The van der Waals surface area contributed by atoms with Gasteiger partial charge in [-0.15, -0.1) is 0 Å². The lowest BCUT2D eigenvalue weighted by molar-refractivity contribution is -0.122. The molecule has 0 radical (unpaired) electrons. The minimum Gasteiger partial charge on any atom is -0.326 e. The minimum absolute atomic E-state index is 0.0601. The summed E-state index contributed by atoms with van der Waals surface area (Å²) in [7, 11) is -4.35. The number of alkyl halides is 4. The molecule has 20 heavy (non-hydrogen) atoms. The summed E-state index contributed by atoms with van der Waals surface area (Å²) >= 11 is 5.72. The molecule has 114 valence electrons. The molecule has 4 nitrogen and oxygen atoms in total. The predicted octanol–water partition coefficient (Wildman–Crippen LogP) is 1.98. The van der Waals surface area contributed by atoms with E-state index in [1.165, 1.54) is 10.8 Å². The lowest BCUT2D eigenvalue weighted by atomic mass is 10.2. The van der Waals surface area contributed by atoms with Gasteiger partial charge < -0.3 is 5.73 Å². The first-order chi connectivity index (χ1) is 9.10. The van der Waals surface area contributed by atoms with E-state index in [2.05, 4.69) is 0 Å². The Bertz CT molecular complexity index is 581. The average Bonchev–Trinajstić information content (AvgIpc) is 2.37. The molecule has 0 aliphatic carbocycles. The predicted molar refractivity (Wildman–Crippen MR) is 65.5 cm³/mol. The Labute approximate surface area is 118 Å². The van der Waals surface area contributed by atoms with Crippen LogP contribution in [0.1, 0.15) is 5.56 Å². The van der Waals surface area contributed by atoms with E-state index in [1.54, 1.807) is 0 Å². The topological polar surface area (TPSA) is 72.2 Å². The van der Waals surface area contributed by atoms with Crippen molar-refractivity contribution in [3.8, 4) is 0 Å². The summed E-state index contributed by atoms with van der Waals surface area (Å²) in [4.78, 5) is -0.382. The highest BCUT2D eigenvalue weighted by atomic mass is 35.5. The van der Waals surface area contributed by atoms with Gasteiger partial charge in [-0.25, -0.2) is 21.9 Å². The second-order valence-electron chi connectivity index (χ2n) is 3.84. The molecule has 0 fully saturated rings. The van der Waals surface area contributed by atoms with Crippen LogP contribution in [0.5, 0.6) is 0 Å². The second-order valence-corrected chi connectivity index (χ2v) is 6.02. The van der Waals surface area contributed by atoms with Gasteiger partial charge in [-0.2, -0.15) is 8.78 Å². The third kappa shape index (κ3) is 4.05. The second kappa shape index (κ2) is 6.25. The Balaban J connectivity index is 2.95. The van der Waals surface area contributed by atoms with Crippen molar-refractivity contribution in [2.75, 3.05) is 6.54 Å². The molecular formula is C10H11ClF4N2O2S. The Morgan fingerprint density at radius 1 is 1.35 bits per heavy atom. The van der Waals surface area contributed by atoms with Gasteiger partial charge in [0.25, 0.3) is 0 Å². The molecule has 0 bridgehead atoms. The number of hydrogen-bond acceptors (Lipinski definition) is 3. The van der Waals surface area contributed by atoms with E-state index in [1.807, 2.05) is 0 Å². The van der Waals surface area contributed by atoms with E-state index in [0.717, 1.165) is 12.1 Å². The number of rotatable bonds is 6. The van der Waals surface area contributed by atoms with Crippen LogP contribution >= 0.6 is 11.6 Å². The quantitative estimate of drug-likeness (QED) is 0.781. The number of hydrogen-bond donors (Lipinski definition) is 2. The molecule has 0 aromatic heterocycles. The Kier molecular flexibility index (Phi) is 5.36. The number of sulfonamides is 1. The van der Waals surface area contributed by atoms with Crippen LogP contribution in [-0.4, -0.2) is 27.3 Å². The first-order valence-corrected chi connectivity index (χ1v) is 7.10. The Hall–Kier alpha value is -0.900. The summed E-state index contributed by atoms with van der Waals surface area (Å²) < 4.78 is 74.1. The fourth-order valence-corrected chi connectivity index (χ4v) is 2.51. The summed E-state index contributed by atoms with van der Waals surface area (Å²) in [6, 6.07) is 3.37. The molecular weight excluding hydrogens is 324 g/mol. The molecule has 3 N–H and O–H groups in total. The molecule has 0 unspecified atom stereocenters. The molecule has 0 heterocycles. The summed E-state index contributed by atoms with van der Waals surface area (Å²) in [6.07, 6.45) is -3.96. The summed E-state index contributed by atoms with van der Waals surface area (Å²) in [6.45, 7) is -1.76. The van der Waals surface area contributed by atoms with Crippen molar-refractivity contribution in [2.45, 2.75) is 23.8 Å². The first-order valence-electron chi connectivity index (χ1n) is 5.24. The van der Waals surface area contributed by atoms with Gasteiger partial charge in [-0.1, -0.05) is 11.6 Å². The van der Waals surface area contributed by atoms with Gasteiger partial charge in [0.05, 0.1) is 11.4 Å². The first kappa shape index (κ1) is 17.2. The highest BCUT2D eigenvalue weighted by molar-refractivity contribution is 7.89. The van der Waals surface area contributed by atoms with Crippen molar-refractivity contribution in [1.29, 1.82) is 0 Å². The van der Waals surface area contributed by atoms with Crippen molar-refractivity contribution in [3.05, 3.63) is 28.8 Å². The van der Waals surface area contributed by atoms with Gasteiger partial charge in [0.15, 0.2) is 0 Å². The van der Waals surface area contributed by atoms with Gasteiger partial charge in [0.2, 0.25) is 10.0 Å². The van der Waals surface area contributed by atoms with E-state index in [0.29, 0.717) is 0 Å². The third-order valence-electron chi connectivity index (χ3n) is 2.36. The molecule has 1 aromatic carbocycles. The SMILES string of the molecule is NCc1cc(S(=O)(=O)NCC(F)(F)C(F)F)ccc1Cl. The third-order valence-corrected chi connectivity index (χ3v) is 4.13. The molecule has 0 spiro atoms. The molecule has 0 saturated heterocycles. The van der Waals surface area contributed by atoms with Crippen LogP contribution in [0.15, 0.2) is 23.1 Å². The molecule has 0 atom stereocenters. The van der Waals surface area contributed by atoms with Crippen molar-refractivity contribution in [1.82, 2.24) is 4.72 Å². The van der Waals surface area contributed by atoms with Crippen molar-refractivity contribution >= 4 is 21.6 Å². The van der Waals surface area contributed by atoms with Crippen LogP contribution in [0.3, 0.4) is 0 Å². The van der Waals surface area contributed by atoms with Crippen LogP contribution < -0.4 is 10.5 Å². The standard InChI is InChI=1S/C10H11ClF4N2O2S/c11-8-2-1-7(3-6(8)4-16)20(18,19)17-5-10(14,15)9(12)13/h1-3,9,17H,4-5,16H2. The monoisotopic (exact) mass is 334 g/mol. The van der Waals surface area contributed by atoms with E-state index < -0.39 is 28.9 Å². The highest BCUT2D eigenvalue weighted by Gasteiger charge is 2.41. The van der Waals surface area contributed by atoms with E-state index in [4.69, 9.17) is 17.3 Å². The van der Waals surface area contributed by atoms with Gasteiger partial charge in [-0.3, -0.25) is 0 Å². The van der Waals surface area contributed by atoms with Crippen LogP contribution in [0, 0.1) is 0 Å². The maximum Gasteiger partial charge on any atom is 0.320 e. The number of nitrogens with two attached hydrogens (primary N) is 1. The fourth-order valence-electron chi connectivity index (χ4n) is 1.23. The molecule has 0 aliphatic rings. The Morgan fingerprint density at radius 2 is 1.95 bits per heavy atom. The number of benzene rings is 1. The Morgan fingerprint density at radius 3 is 2.45 bits per heavy atom. The largest absolute Gasteiger partial charge is 0.326 e. The maximum atomic E-state index is 12.7. The maximum absolute atomic E-state index is 12.7. The normalized spacial score (nSPS) is 12.9. The minimum atomic E-state index is -4.45. The van der Waals surface area contributed by atoms with Gasteiger partial charge in [-0.05, 0) is 23.8 Å². The molecule has 0 aliphatic heterocycles. The van der Waals surface area contributed by atoms with E-state index in [-0.39, 0.29) is 22.0 Å². The summed E-state index contributed by atoms with van der Waals surface area (Å²) in [5.74, 6) is -4.45. The van der Waals surface area contributed by atoms with Crippen LogP contribution in [0.25, 0.3) is 0 Å². The van der Waals surface area contributed by atoms with Gasteiger partial charge in [0.1, 0.15) is 0 Å². The van der Waals surface area contributed by atoms with E-state index in [9.17, 15) is 26.0 Å². The van der Waals surface area contributed by atoms with Crippen LogP contribution in [0.4, 0.5) is 17.6 Å². The molecule has 0 amide bonds. The van der Waals surface area contributed by atoms with Crippen molar-refractivity contribution < 1.29 is 26.0 Å². The number of nitrogens with one attached hydrogen (secondary N) is 1. The van der Waals surface area contributed by atoms with Crippen molar-refractivity contribution in [3.63, 3.8) is 0 Å². The zero-order valence-corrected chi connectivity index (χ0v) is 11.5. The van der Waals surface area contributed by atoms with Crippen molar-refractivity contribution in [2.24, 2.45) is 5.73 Å². The molecule has 0 saturated carbocycles. The van der Waals surface area contributed by atoms with Crippen LogP contribution in [0.2, 0.25) is 5.02 Å². The zero-order chi connectivity index (χ0) is 15.6. The lowest BCUT2D eigenvalue weighted by Crippen LogP contribution is -2.41. The number of halogens is 5. The highest BCUT2D eigenvalue weighted by Crippen LogP contribution is 2.23. The summed E-state index contributed by atoms with van der Waals surface area (Å²) in [5.41, 5.74) is 5.61. The van der Waals surface area contributed by atoms with E-state index >= 15 is 0 Å². The smallest absolute Gasteiger partial charge is 0.320 e. The average molecular weight is 335 g/mol. The zero-order valence-electron chi connectivity index (χ0n) is 9.92. The van der Waals surface area contributed by atoms with Crippen LogP contribution in [-0.2, 0) is 16.6 Å². The molecule has 1 rings (SSSR count). The van der Waals surface area contributed by atoms with Gasteiger partial charge in [0, 0.05) is 11.6 Å².